The van der Waals surface area contributed by atoms with Crippen molar-refractivity contribution in [3.05, 3.63) is 0 Å². The van der Waals surface area contributed by atoms with E-state index < -0.39 is 12.7 Å². The Balaban J connectivity index is 1.48. The van der Waals surface area contributed by atoms with Crippen LogP contribution in [0.4, 0.5) is 13.2 Å². The molecule has 2 saturated heterocycles. The Morgan fingerprint density at radius 1 is 0.900 bits per heavy atom. The lowest BCUT2D eigenvalue weighted by Crippen LogP contribution is -2.40. The second-order valence-corrected chi connectivity index (χ2v) is 7.20. The van der Waals surface area contributed by atoms with Crippen LogP contribution in [-0.4, -0.2) is 54.7 Å². The first kappa shape index (κ1) is 14.6. The summed E-state index contributed by atoms with van der Waals surface area (Å²) in [5.74, 6) is 1.80. The highest BCUT2D eigenvalue weighted by molar-refractivity contribution is 4.96. The quantitative estimate of drug-likeness (QED) is 0.771. The number of halogens is 3. The molecule has 2 unspecified atom stereocenters. The molecule has 0 N–H and O–H groups in total. The molecule has 3 aliphatic rings. The van der Waals surface area contributed by atoms with Gasteiger partial charge in [0.05, 0.1) is 6.54 Å². The minimum absolute atomic E-state index is 0.469. The molecule has 1 saturated carbocycles. The van der Waals surface area contributed by atoms with Crippen molar-refractivity contribution in [2.45, 2.75) is 44.8 Å². The van der Waals surface area contributed by atoms with Gasteiger partial charge in [-0.3, -0.25) is 9.80 Å². The van der Waals surface area contributed by atoms with Crippen LogP contribution in [0.5, 0.6) is 0 Å². The van der Waals surface area contributed by atoms with Crippen molar-refractivity contribution >= 4 is 0 Å². The van der Waals surface area contributed by atoms with Crippen molar-refractivity contribution in [1.29, 1.82) is 0 Å². The third kappa shape index (κ3) is 3.30. The number of hydrogen-bond acceptors (Lipinski definition) is 2. The van der Waals surface area contributed by atoms with Gasteiger partial charge in [0.15, 0.2) is 0 Å². The van der Waals surface area contributed by atoms with E-state index in [0.29, 0.717) is 31.0 Å². The maximum absolute atomic E-state index is 12.4. The fourth-order valence-electron chi connectivity index (χ4n) is 4.41. The first-order valence-corrected chi connectivity index (χ1v) is 7.94. The molecule has 2 nitrogen and oxygen atoms in total. The minimum atomic E-state index is -4.04. The lowest BCUT2D eigenvalue weighted by molar-refractivity contribution is -0.144. The van der Waals surface area contributed by atoms with Gasteiger partial charge in [0.1, 0.15) is 0 Å². The van der Waals surface area contributed by atoms with Crippen molar-refractivity contribution in [3.63, 3.8) is 0 Å². The van der Waals surface area contributed by atoms with Gasteiger partial charge in [-0.25, -0.2) is 0 Å². The highest BCUT2D eigenvalue weighted by Crippen LogP contribution is 2.37. The predicted molar refractivity (Wildman–Crippen MR) is 72.5 cm³/mol. The van der Waals surface area contributed by atoms with E-state index in [1.807, 2.05) is 0 Å². The lowest BCUT2D eigenvalue weighted by Gasteiger charge is -2.34. The zero-order valence-electron chi connectivity index (χ0n) is 12.2. The van der Waals surface area contributed by atoms with Crippen LogP contribution in [0.25, 0.3) is 0 Å². The molecule has 0 aromatic rings. The Labute approximate surface area is 119 Å². The normalized spacial score (nSPS) is 40.2. The summed E-state index contributed by atoms with van der Waals surface area (Å²) >= 11 is 0. The molecule has 0 radical (unpaired) electrons. The molecule has 3 fully saturated rings. The zero-order chi connectivity index (χ0) is 14.3. The molecule has 2 atom stereocenters. The topological polar surface area (TPSA) is 6.48 Å². The lowest BCUT2D eigenvalue weighted by atomic mass is 9.87. The summed E-state index contributed by atoms with van der Waals surface area (Å²) in [4.78, 5) is 4.18. The largest absolute Gasteiger partial charge is 0.401 e. The van der Waals surface area contributed by atoms with E-state index in [0.717, 1.165) is 19.0 Å². The molecule has 0 spiro atoms. The van der Waals surface area contributed by atoms with Crippen molar-refractivity contribution in [2.24, 2.45) is 17.8 Å². The Morgan fingerprint density at radius 3 is 1.95 bits per heavy atom. The van der Waals surface area contributed by atoms with Gasteiger partial charge < -0.3 is 0 Å². The third-order valence-corrected chi connectivity index (χ3v) is 5.49. The highest BCUT2D eigenvalue weighted by atomic mass is 19.4. The molecule has 5 heteroatoms. The van der Waals surface area contributed by atoms with E-state index in [2.05, 4.69) is 11.8 Å². The molecule has 0 aromatic heterocycles. The molecular weight excluding hydrogens is 265 g/mol. The van der Waals surface area contributed by atoms with Gasteiger partial charge in [-0.05, 0) is 43.4 Å². The van der Waals surface area contributed by atoms with Gasteiger partial charge in [0.2, 0.25) is 0 Å². The Kier molecular flexibility index (Phi) is 4.01. The summed E-state index contributed by atoms with van der Waals surface area (Å²) in [5.41, 5.74) is 0. The van der Waals surface area contributed by atoms with E-state index in [4.69, 9.17) is 0 Å². The van der Waals surface area contributed by atoms with Crippen molar-refractivity contribution in [2.75, 3.05) is 32.7 Å². The summed E-state index contributed by atoms with van der Waals surface area (Å²) in [7, 11) is 0. The van der Waals surface area contributed by atoms with E-state index in [-0.39, 0.29) is 0 Å². The van der Waals surface area contributed by atoms with Crippen molar-refractivity contribution < 1.29 is 13.2 Å². The predicted octanol–water partition coefficient (Wildman–Crippen LogP) is 2.99. The molecule has 3 rings (SSSR count). The molecule has 0 amide bonds. The van der Waals surface area contributed by atoms with Crippen LogP contribution in [0.15, 0.2) is 0 Å². The van der Waals surface area contributed by atoms with Crippen LogP contribution in [0, 0.1) is 17.8 Å². The Bertz CT molecular complexity index is 323. The van der Waals surface area contributed by atoms with Crippen molar-refractivity contribution in [1.82, 2.24) is 9.80 Å². The van der Waals surface area contributed by atoms with E-state index in [9.17, 15) is 13.2 Å². The zero-order valence-corrected chi connectivity index (χ0v) is 12.2. The minimum Gasteiger partial charge on any atom is -0.300 e. The Morgan fingerprint density at radius 2 is 1.45 bits per heavy atom. The second kappa shape index (κ2) is 5.48. The third-order valence-electron chi connectivity index (χ3n) is 5.49. The molecule has 0 aromatic carbocycles. The molecule has 116 valence electrons. The van der Waals surface area contributed by atoms with E-state index >= 15 is 0 Å². The van der Waals surface area contributed by atoms with Gasteiger partial charge in [0.25, 0.3) is 0 Å². The van der Waals surface area contributed by atoms with Gasteiger partial charge in [-0.15, -0.1) is 0 Å². The van der Waals surface area contributed by atoms with Gasteiger partial charge >= 0.3 is 6.18 Å². The van der Waals surface area contributed by atoms with Gasteiger partial charge in [-0.2, -0.15) is 13.2 Å². The van der Waals surface area contributed by atoms with Crippen LogP contribution >= 0.6 is 0 Å². The van der Waals surface area contributed by atoms with E-state index in [1.165, 1.54) is 25.7 Å². The molecule has 20 heavy (non-hydrogen) atoms. The fraction of sp³-hybridized carbons (Fsp3) is 1.00. The smallest absolute Gasteiger partial charge is 0.300 e. The number of nitrogens with zero attached hydrogens (tertiary/aromatic N) is 2. The second-order valence-electron chi connectivity index (χ2n) is 7.20. The number of hydrogen-bond donors (Lipinski definition) is 0. The average molecular weight is 290 g/mol. The van der Waals surface area contributed by atoms with Gasteiger partial charge in [-0.1, -0.05) is 6.92 Å². The van der Waals surface area contributed by atoms with Crippen molar-refractivity contribution in [3.8, 4) is 0 Å². The SMILES string of the molecule is CC1CCC(N2CC3CN(CC(F)(F)F)CC3C2)CC1. The van der Waals surface area contributed by atoms with Crippen LogP contribution in [-0.2, 0) is 0 Å². The Hall–Kier alpha value is -0.290. The molecule has 1 aliphatic carbocycles. The summed E-state index contributed by atoms with van der Waals surface area (Å²) in [6, 6.07) is 0.702. The standard InChI is InChI=1S/C15H25F3N2/c1-11-2-4-14(5-3-11)20-8-12-6-19(7-13(12)9-20)10-15(16,17)18/h11-14H,2-10H2,1H3. The summed E-state index contributed by atoms with van der Waals surface area (Å²) in [5, 5.41) is 0. The summed E-state index contributed by atoms with van der Waals surface area (Å²) in [6.07, 6.45) is 1.16. The number of rotatable bonds is 2. The molecule has 2 heterocycles. The van der Waals surface area contributed by atoms with Crippen LogP contribution in [0.3, 0.4) is 0 Å². The average Bonchev–Trinajstić information content (AvgIpc) is 2.85. The summed E-state index contributed by atoms with van der Waals surface area (Å²) in [6.45, 7) is 4.94. The number of alkyl halides is 3. The maximum Gasteiger partial charge on any atom is 0.401 e. The first-order valence-electron chi connectivity index (χ1n) is 7.94. The monoisotopic (exact) mass is 290 g/mol. The summed E-state index contributed by atoms with van der Waals surface area (Å²) < 4.78 is 37.3. The van der Waals surface area contributed by atoms with Gasteiger partial charge in [0, 0.05) is 32.2 Å². The maximum atomic E-state index is 12.4. The number of fused-ring (bicyclic) bond motifs is 1. The first-order chi connectivity index (χ1) is 9.40. The fourth-order valence-corrected chi connectivity index (χ4v) is 4.41. The molecule has 2 aliphatic heterocycles. The van der Waals surface area contributed by atoms with Crippen LogP contribution in [0.2, 0.25) is 0 Å². The highest BCUT2D eigenvalue weighted by Gasteiger charge is 2.44. The van der Waals surface area contributed by atoms with Crippen LogP contribution in [0.1, 0.15) is 32.6 Å². The van der Waals surface area contributed by atoms with Crippen LogP contribution < -0.4 is 0 Å². The number of likely N-dealkylation sites (tertiary alicyclic amines) is 2. The van der Waals surface area contributed by atoms with E-state index in [1.54, 1.807) is 4.90 Å². The molecular formula is C15H25F3N2. The molecule has 0 bridgehead atoms.